The Morgan fingerprint density at radius 2 is 1.06 bits per heavy atom. The van der Waals surface area contributed by atoms with E-state index in [0.29, 0.717) is 118 Å². The Kier molecular flexibility index (Phi) is 23.5. The molecule has 3 aliphatic rings. The maximum atomic E-state index is 13.9. The predicted molar refractivity (Wildman–Crippen MR) is 286 cm³/mol. The maximum Gasteiger partial charge on any atom is 0.308 e. The Balaban J connectivity index is 1.37. The van der Waals surface area contributed by atoms with Crippen molar-refractivity contribution in [3.63, 3.8) is 0 Å². The Bertz CT molecular complexity index is 2890. The van der Waals surface area contributed by atoms with E-state index in [2.05, 4.69) is 9.80 Å². The van der Waals surface area contributed by atoms with Gasteiger partial charge in [-0.1, -0.05) is 35.3 Å². The summed E-state index contributed by atoms with van der Waals surface area (Å²) >= 11 is 14.1. The van der Waals surface area contributed by atoms with Gasteiger partial charge in [0.2, 0.25) is 25.8 Å². The summed E-state index contributed by atoms with van der Waals surface area (Å²) in [6, 6.07) is 14.8. The molecular formula is C55H64Cl2N2O19. The Hall–Kier alpha value is -6.88. The van der Waals surface area contributed by atoms with Crippen LogP contribution in [0.3, 0.4) is 0 Å². The summed E-state index contributed by atoms with van der Waals surface area (Å²) in [5.74, 6) is -2.27. The largest absolute Gasteiger partial charge is 0.495 e. The lowest BCUT2D eigenvalue weighted by atomic mass is 9.90. The van der Waals surface area contributed by atoms with Crippen molar-refractivity contribution in [2.75, 3.05) is 123 Å². The second kappa shape index (κ2) is 30.3. The van der Waals surface area contributed by atoms with E-state index in [9.17, 15) is 28.8 Å². The number of aryl methyl sites for hydroxylation is 3. The molecule has 1 aliphatic carbocycles. The molecule has 1 saturated heterocycles. The molecule has 2 heterocycles. The number of esters is 5. The quantitative estimate of drug-likeness (QED) is 0.0358. The number of methoxy groups -OCH3 is 2. The molecule has 0 spiro atoms. The van der Waals surface area contributed by atoms with Gasteiger partial charge in [-0.15, -0.1) is 0 Å². The van der Waals surface area contributed by atoms with Crippen LogP contribution in [0.15, 0.2) is 57.7 Å². The van der Waals surface area contributed by atoms with Gasteiger partial charge < -0.3 is 71.1 Å². The normalized spacial score (nSPS) is 14.2. The topological polar surface area (TPSA) is 233 Å². The Morgan fingerprint density at radius 3 is 1.58 bits per heavy atom. The number of rotatable bonds is 18. The molecule has 0 saturated carbocycles. The van der Waals surface area contributed by atoms with Crippen LogP contribution in [0, 0.1) is 6.92 Å². The molecular weight excluding hydrogens is 1060 g/mol. The third-order valence-electron chi connectivity index (χ3n) is 12.1. The molecule has 0 N–H and O–H groups in total. The molecule has 3 aromatic carbocycles. The minimum atomic E-state index is -0.742. The van der Waals surface area contributed by atoms with Crippen LogP contribution in [-0.4, -0.2) is 143 Å². The summed E-state index contributed by atoms with van der Waals surface area (Å²) in [6.45, 7) is 8.83. The standard InChI is InChI=1S/C55H64Cl2N2O19/c1-34-7-11-43(45(27-34)66-5)58-15-19-68-23-25-70-21-17-59(18-22-71-26-24-69-20-16-58)44-12-8-38(30-46(44)67-6)49-41-28-39(9-13-47(63)75-31-72-35(2)60)52(65)50(56)54(41)78-55-42(49)29-40(10-14-48(64)76-32-73-36(3)61)53(51(55)57)77-33-74-37(4)62/h7-8,11-12,27-30H,9-10,13-26,31-33H2,1-6H3. The molecule has 0 aromatic heterocycles. The Labute approximate surface area is 460 Å². The van der Waals surface area contributed by atoms with Crippen molar-refractivity contribution >= 4 is 75.4 Å². The number of fused-ring (bicyclic) bond motifs is 2. The van der Waals surface area contributed by atoms with Crippen molar-refractivity contribution in [1.29, 1.82) is 0 Å². The molecule has 422 valence electrons. The van der Waals surface area contributed by atoms with Crippen LogP contribution in [0.5, 0.6) is 17.2 Å². The fourth-order valence-electron chi connectivity index (χ4n) is 8.33. The first-order chi connectivity index (χ1) is 37.6. The number of carbonyl (C=O) groups excluding carboxylic acids is 5. The van der Waals surface area contributed by atoms with Gasteiger partial charge in [0.25, 0.3) is 0 Å². The van der Waals surface area contributed by atoms with E-state index in [1.807, 2.05) is 37.3 Å². The number of nitrogens with zero attached hydrogens (tertiary/aromatic N) is 2. The van der Waals surface area contributed by atoms with Gasteiger partial charge in [0.15, 0.2) is 11.3 Å². The van der Waals surface area contributed by atoms with Crippen molar-refractivity contribution < 1.29 is 85.2 Å². The van der Waals surface area contributed by atoms with E-state index >= 15 is 0 Å². The second-order valence-corrected chi connectivity index (χ2v) is 18.3. The lowest BCUT2D eigenvalue weighted by Crippen LogP contribution is -2.33. The molecule has 23 heteroatoms. The zero-order valence-corrected chi connectivity index (χ0v) is 46.0. The maximum absolute atomic E-state index is 13.9. The first kappa shape index (κ1) is 60.4. The van der Waals surface area contributed by atoms with Gasteiger partial charge in [-0.25, -0.2) is 0 Å². The van der Waals surface area contributed by atoms with Crippen molar-refractivity contribution in [3.8, 4) is 39.7 Å². The van der Waals surface area contributed by atoms with E-state index in [4.69, 9.17) is 84.5 Å². The van der Waals surface area contributed by atoms with Crippen LogP contribution < -0.4 is 29.4 Å². The fraction of sp³-hybridized carbons (Fsp3) is 0.455. The predicted octanol–water partition coefficient (Wildman–Crippen LogP) is 7.48. The van der Waals surface area contributed by atoms with Crippen LogP contribution in [-0.2, 0) is 79.4 Å². The molecule has 0 unspecified atom stereocenters. The summed E-state index contributed by atoms with van der Waals surface area (Å²) in [5, 5.41) is -0.0939. The van der Waals surface area contributed by atoms with E-state index in [1.165, 1.54) is 27.9 Å². The number of carbonyl (C=O) groups is 5. The van der Waals surface area contributed by atoms with Gasteiger partial charge in [0.1, 0.15) is 27.3 Å². The zero-order valence-electron chi connectivity index (χ0n) is 44.5. The van der Waals surface area contributed by atoms with E-state index in [0.717, 1.165) is 17.0 Å². The van der Waals surface area contributed by atoms with Gasteiger partial charge in [-0.05, 0) is 72.9 Å². The third kappa shape index (κ3) is 17.1. The average molecular weight is 1130 g/mol. The lowest BCUT2D eigenvalue weighted by molar-refractivity contribution is -0.167. The minimum Gasteiger partial charge on any atom is -0.495 e. The number of benzene rings is 4. The van der Waals surface area contributed by atoms with E-state index in [-0.39, 0.29) is 58.4 Å². The molecule has 0 radical (unpaired) electrons. The fourth-order valence-corrected chi connectivity index (χ4v) is 8.90. The van der Waals surface area contributed by atoms with Gasteiger partial charge in [0, 0.05) is 81.9 Å². The Morgan fingerprint density at radius 1 is 0.577 bits per heavy atom. The molecule has 3 aromatic rings. The summed E-state index contributed by atoms with van der Waals surface area (Å²) in [6.07, 6.45) is -0.702. The van der Waals surface area contributed by atoms with E-state index in [1.54, 1.807) is 25.3 Å². The van der Waals surface area contributed by atoms with Crippen LogP contribution in [0.1, 0.15) is 50.3 Å². The van der Waals surface area contributed by atoms with Crippen LogP contribution >= 0.6 is 23.2 Å². The smallest absolute Gasteiger partial charge is 0.308 e. The van der Waals surface area contributed by atoms with Gasteiger partial charge in [0.05, 0.1) is 78.4 Å². The highest BCUT2D eigenvalue weighted by Crippen LogP contribution is 2.49. The molecule has 21 nitrogen and oxygen atoms in total. The lowest BCUT2D eigenvalue weighted by Gasteiger charge is -2.28. The second-order valence-electron chi connectivity index (χ2n) is 17.5. The molecule has 1 fully saturated rings. The van der Waals surface area contributed by atoms with Gasteiger partial charge >= 0.3 is 29.8 Å². The van der Waals surface area contributed by atoms with Crippen molar-refractivity contribution in [1.82, 2.24) is 0 Å². The molecule has 0 atom stereocenters. The summed E-state index contributed by atoms with van der Waals surface area (Å²) in [4.78, 5) is 78.2. The zero-order chi connectivity index (χ0) is 56.1. The number of ether oxygens (including phenoxy) is 12. The minimum absolute atomic E-state index is 0.00279. The van der Waals surface area contributed by atoms with Crippen molar-refractivity contribution in [3.05, 3.63) is 85.5 Å². The van der Waals surface area contributed by atoms with Gasteiger partial charge in [-0.3, -0.25) is 28.8 Å². The van der Waals surface area contributed by atoms with Crippen molar-refractivity contribution in [2.45, 2.75) is 53.4 Å². The highest BCUT2D eigenvalue weighted by atomic mass is 35.5. The highest BCUT2D eigenvalue weighted by molar-refractivity contribution is 6.37. The number of hydrogen-bond acceptors (Lipinski definition) is 21. The molecule has 0 bridgehead atoms. The van der Waals surface area contributed by atoms with Crippen LogP contribution in [0.2, 0.25) is 10.0 Å². The van der Waals surface area contributed by atoms with Crippen LogP contribution in [0.4, 0.5) is 11.4 Å². The van der Waals surface area contributed by atoms with Crippen molar-refractivity contribution in [2.24, 2.45) is 0 Å². The number of anilines is 2. The van der Waals surface area contributed by atoms with E-state index < -0.39 is 55.7 Å². The molecule has 2 aliphatic heterocycles. The summed E-state index contributed by atoms with van der Waals surface area (Å²) in [5.41, 5.74) is 3.86. The molecule has 6 rings (SSSR count). The van der Waals surface area contributed by atoms with Gasteiger partial charge in [-0.2, -0.15) is 0 Å². The first-order valence-corrected chi connectivity index (χ1v) is 25.8. The monoisotopic (exact) mass is 1130 g/mol. The number of halogens is 2. The number of hydrogen-bond donors (Lipinski definition) is 0. The SMILES string of the molecule is COc1cc(C)ccc1N1CCOCCOCCN(c2ccc(-c3c4cc(CCC(=O)OCOC(C)=O)c(=O)c(Cl)c-4oc4c(Cl)c(OCOC(C)=O)c(CCC(=O)OCOC(C)=O)cc34)cc2OC)CCOCCOCC1. The molecule has 0 amide bonds. The molecule has 78 heavy (non-hydrogen) atoms. The summed E-state index contributed by atoms with van der Waals surface area (Å²) < 4.78 is 73.0. The first-order valence-electron chi connectivity index (χ1n) is 25.0. The average Bonchev–Trinajstić information content (AvgIpc) is 3.57. The highest BCUT2D eigenvalue weighted by Gasteiger charge is 2.29. The third-order valence-corrected chi connectivity index (χ3v) is 12.8. The van der Waals surface area contributed by atoms with Crippen LogP contribution in [0.25, 0.3) is 33.4 Å². The summed E-state index contributed by atoms with van der Waals surface area (Å²) in [7, 11) is 3.19.